The van der Waals surface area contributed by atoms with Crippen molar-refractivity contribution in [2.75, 3.05) is 44.5 Å². The second kappa shape index (κ2) is 14.5. The number of anilines is 2. The number of rotatable bonds is 13. The summed E-state index contributed by atoms with van der Waals surface area (Å²) in [6, 6.07) is 33.4. The van der Waals surface area contributed by atoms with E-state index in [2.05, 4.69) is 101 Å². The van der Waals surface area contributed by atoms with Gasteiger partial charge in [-0.15, -0.1) is 0 Å². The van der Waals surface area contributed by atoms with Crippen molar-refractivity contribution in [3.05, 3.63) is 108 Å². The van der Waals surface area contributed by atoms with Crippen molar-refractivity contribution in [1.82, 2.24) is 0 Å². The van der Waals surface area contributed by atoms with Gasteiger partial charge in [-0.1, -0.05) is 99.7 Å². The summed E-state index contributed by atoms with van der Waals surface area (Å²) in [5.41, 5.74) is 7.00. The Bertz CT molecular complexity index is 2430. The number of hydrogen-bond donors (Lipinski definition) is 2. The van der Waals surface area contributed by atoms with Crippen LogP contribution in [0.15, 0.2) is 102 Å². The molecular formula is C46H47N3O3. The van der Waals surface area contributed by atoms with Crippen LogP contribution in [0.4, 0.5) is 11.4 Å². The molecule has 0 saturated heterocycles. The van der Waals surface area contributed by atoms with Gasteiger partial charge in [-0.25, -0.2) is 4.79 Å². The molecule has 52 heavy (non-hydrogen) atoms. The van der Waals surface area contributed by atoms with E-state index >= 15 is 0 Å². The lowest BCUT2D eigenvalue weighted by Crippen LogP contribution is -2.09. The number of carbonyl (C=O) groups is 1. The topological polar surface area (TPSA) is 76.4 Å². The molecule has 0 saturated carbocycles. The third-order valence-corrected chi connectivity index (χ3v) is 10.5. The predicted molar refractivity (Wildman–Crippen MR) is 222 cm³/mol. The molecule has 0 aliphatic rings. The van der Waals surface area contributed by atoms with E-state index in [0.29, 0.717) is 17.5 Å². The van der Waals surface area contributed by atoms with Gasteiger partial charge in [0.25, 0.3) is 0 Å². The van der Waals surface area contributed by atoms with Gasteiger partial charge in [0.05, 0.1) is 5.56 Å². The fourth-order valence-corrected chi connectivity index (χ4v) is 7.78. The maximum atomic E-state index is 12.9. The van der Waals surface area contributed by atoms with Crippen LogP contribution in [0.2, 0.25) is 0 Å². The minimum absolute atomic E-state index is 0.119. The van der Waals surface area contributed by atoms with Crippen LogP contribution < -0.4 is 9.80 Å². The second-order valence-corrected chi connectivity index (χ2v) is 14.3. The third kappa shape index (κ3) is 6.27. The van der Waals surface area contributed by atoms with Crippen molar-refractivity contribution in [1.29, 1.82) is 0 Å². The van der Waals surface area contributed by atoms with Crippen molar-refractivity contribution in [2.24, 2.45) is 4.99 Å². The molecule has 0 aromatic heterocycles. The van der Waals surface area contributed by atoms with Crippen LogP contribution in [0, 0.1) is 0 Å². The first-order valence-corrected chi connectivity index (χ1v) is 18.4. The Morgan fingerprint density at radius 1 is 0.558 bits per heavy atom. The molecule has 0 bridgehead atoms. The summed E-state index contributed by atoms with van der Waals surface area (Å²) in [5, 5.41) is 29.9. The molecule has 0 spiro atoms. The van der Waals surface area contributed by atoms with Gasteiger partial charge in [0, 0.05) is 57.1 Å². The number of aromatic carboxylic acids is 1. The Kier molecular flexibility index (Phi) is 9.74. The van der Waals surface area contributed by atoms with Crippen LogP contribution in [-0.2, 0) is 0 Å². The SMILES string of the molecule is CCCCCCCCN=C(O)c1cc(-c2ccc(N(C)C)cc2)c2c3cccc4c(-c5ccc(N(C)C)cc5)ccc(c5ccc(C(=O)O)c1c52)c43. The normalized spacial score (nSPS) is 12.1. The van der Waals surface area contributed by atoms with Gasteiger partial charge in [0.15, 0.2) is 0 Å². The number of carboxylic acid groups (broad SMARTS) is 1. The Labute approximate surface area is 306 Å². The van der Waals surface area contributed by atoms with Crippen molar-refractivity contribution < 1.29 is 15.0 Å². The van der Waals surface area contributed by atoms with Crippen LogP contribution in [0.3, 0.4) is 0 Å². The number of benzene rings is 7. The standard InChI is InChI=1S/C46H47N3O3/c1-6-7-8-9-10-11-27-47-45(50)40-28-39(30-17-21-32(22-18-30)49(4)5)42-37-14-12-13-34-33(29-15-19-31(20-16-29)48(2)3)23-24-35(41(34)37)36-25-26-38(46(51)52)43(40)44(36)42/h12-26,28H,6-11,27H2,1-5H3,(H,47,50)(H,51,52). The van der Waals surface area contributed by atoms with Crippen molar-refractivity contribution >= 4 is 66.3 Å². The summed E-state index contributed by atoms with van der Waals surface area (Å²) in [6.45, 7) is 2.69. The van der Waals surface area contributed by atoms with Gasteiger partial charge >= 0.3 is 5.97 Å². The number of carboxylic acids is 1. The number of aliphatic hydroxyl groups is 1. The number of aliphatic imine (C=N–C) groups is 1. The number of nitrogens with zero attached hydrogens (tertiary/aromatic N) is 3. The number of aliphatic hydroxyl groups excluding tert-OH is 1. The smallest absolute Gasteiger partial charge is 0.336 e. The summed E-state index contributed by atoms with van der Waals surface area (Å²) >= 11 is 0. The van der Waals surface area contributed by atoms with Crippen LogP contribution >= 0.6 is 0 Å². The average molecular weight is 690 g/mol. The Morgan fingerprint density at radius 3 is 1.77 bits per heavy atom. The zero-order valence-electron chi connectivity index (χ0n) is 30.8. The van der Waals surface area contributed by atoms with E-state index in [0.717, 1.165) is 90.6 Å². The Balaban J connectivity index is 1.53. The molecule has 0 aliphatic carbocycles. The Morgan fingerprint density at radius 2 is 1.13 bits per heavy atom. The molecule has 0 heterocycles. The van der Waals surface area contributed by atoms with E-state index in [9.17, 15) is 15.0 Å². The molecule has 7 rings (SSSR count). The summed E-state index contributed by atoms with van der Waals surface area (Å²) in [6.07, 6.45) is 6.70. The lowest BCUT2D eigenvalue weighted by molar-refractivity contribution is 0.0699. The van der Waals surface area contributed by atoms with Gasteiger partial charge in [0.2, 0.25) is 5.90 Å². The van der Waals surface area contributed by atoms with Crippen molar-refractivity contribution in [3.63, 3.8) is 0 Å². The molecule has 7 aromatic carbocycles. The molecule has 0 fully saturated rings. The van der Waals surface area contributed by atoms with Crippen molar-refractivity contribution in [2.45, 2.75) is 45.4 Å². The summed E-state index contributed by atoms with van der Waals surface area (Å²) in [7, 11) is 8.13. The molecule has 0 radical (unpaired) electrons. The largest absolute Gasteiger partial charge is 0.493 e. The van der Waals surface area contributed by atoms with E-state index in [-0.39, 0.29) is 11.5 Å². The first-order valence-electron chi connectivity index (χ1n) is 18.4. The van der Waals surface area contributed by atoms with E-state index in [1.165, 1.54) is 19.3 Å². The number of hydrogen-bond acceptors (Lipinski definition) is 4. The molecule has 0 unspecified atom stereocenters. The highest BCUT2D eigenvalue weighted by atomic mass is 16.4. The molecule has 264 valence electrons. The second-order valence-electron chi connectivity index (χ2n) is 14.3. The lowest BCUT2D eigenvalue weighted by atomic mass is 9.82. The highest BCUT2D eigenvalue weighted by Gasteiger charge is 2.25. The van der Waals surface area contributed by atoms with E-state index in [4.69, 9.17) is 0 Å². The van der Waals surface area contributed by atoms with Gasteiger partial charge in [0.1, 0.15) is 0 Å². The Hall–Kier alpha value is -5.62. The summed E-state index contributed by atoms with van der Waals surface area (Å²) in [4.78, 5) is 21.8. The fraction of sp³-hybridized carbons (Fsp3) is 0.261. The molecular weight excluding hydrogens is 643 g/mol. The van der Waals surface area contributed by atoms with Crippen LogP contribution in [0.25, 0.3) is 65.3 Å². The minimum atomic E-state index is -1.04. The first kappa shape index (κ1) is 34.8. The summed E-state index contributed by atoms with van der Waals surface area (Å²) < 4.78 is 0. The van der Waals surface area contributed by atoms with E-state index in [1.54, 1.807) is 6.07 Å². The number of unbranched alkanes of at least 4 members (excludes halogenated alkanes) is 5. The van der Waals surface area contributed by atoms with E-state index < -0.39 is 5.97 Å². The lowest BCUT2D eigenvalue weighted by Gasteiger charge is -2.22. The highest BCUT2D eigenvalue weighted by molar-refractivity contribution is 6.39. The van der Waals surface area contributed by atoms with Crippen LogP contribution in [0.1, 0.15) is 61.4 Å². The quantitative estimate of drug-likeness (QED) is 0.0414. The highest BCUT2D eigenvalue weighted by Crippen LogP contribution is 2.48. The average Bonchev–Trinajstić information content (AvgIpc) is 3.15. The van der Waals surface area contributed by atoms with Gasteiger partial charge in [-0.05, 0) is 103 Å². The molecule has 6 nitrogen and oxygen atoms in total. The molecule has 7 aromatic rings. The molecule has 0 atom stereocenters. The zero-order valence-corrected chi connectivity index (χ0v) is 30.8. The van der Waals surface area contributed by atoms with Crippen LogP contribution in [-0.4, -0.2) is 56.8 Å². The van der Waals surface area contributed by atoms with Crippen LogP contribution in [0.5, 0.6) is 0 Å². The molecule has 2 N–H and O–H groups in total. The first-order chi connectivity index (χ1) is 25.2. The van der Waals surface area contributed by atoms with Crippen molar-refractivity contribution in [3.8, 4) is 22.3 Å². The maximum absolute atomic E-state index is 12.9. The predicted octanol–water partition coefficient (Wildman–Crippen LogP) is 11.6. The zero-order chi connectivity index (χ0) is 36.5. The van der Waals surface area contributed by atoms with Gasteiger partial charge < -0.3 is 20.0 Å². The van der Waals surface area contributed by atoms with Gasteiger partial charge in [-0.2, -0.15) is 0 Å². The van der Waals surface area contributed by atoms with Gasteiger partial charge in [-0.3, -0.25) is 4.99 Å². The molecule has 0 amide bonds. The summed E-state index contributed by atoms with van der Waals surface area (Å²) in [5.74, 6) is -1.16. The minimum Gasteiger partial charge on any atom is -0.493 e. The third-order valence-electron chi connectivity index (χ3n) is 10.5. The van der Waals surface area contributed by atoms with E-state index in [1.807, 2.05) is 40.3 Å². The molecule has 6 heteroatoms. The monoisotopic (exact) mass is 689 g/mol. The number of fused-ring (bicyclic) bond motifs is 2. The molecule has 0 aliphatic heterocycles. The fourth-order valence-electron chi connectivity index (χ4n) is 7.78. The maximum Gasteiger partial charge on any atom is 0.336 e.